The summed E-state index contributed by atoms with van der Waals surface area (Å²) < 4.78 is 11.6. The van der Waals surface area contributed by atoms with Crippen LogP contribution in [0, 0.1) is 5.92 Å². The lowest BCUT2D eigenvalue weighted by Crippen LogP contribution is -2.65. The third-order valence-electron chi connectivity index (χ3n) is 9.00. The first kappa shape index (κ1) is 50.0. The fourth-order valence-corrected chi connectivity index (χ4v) is 6.03. The highest BCUT2D eigenvalue weighted by Gasteiger charge is 2.40. The van der Waals surface area contributed by atoms with Gasteiger partial charge in [-0.05, 0) is 123 Å². The third-order valence-corrected chi connectivity index (χ3v) is 9.00. The van der Waals surface area contributed by atoms with Crippen molar-refractivity contribution in [2.75, 3.05) is 18.8 Å². The van der Waals surface area contributed by atoms with Crippen LogP contribution in [0.3, 0.4) is 0 Å². The van der Waals surface area contributed by atoms with Crippen LogP contribution in [0.25, 0.3) is 0 Å². The van der Waals surface area contributed by atoms with Crippen molar-refractivity contribution >= 4 is 35.3 Å². The van der Waals surface area contributed by atoms with Crippen LogP contribution in [-0.4, -0.2) is 88.0 Å². The topological polar surface area (TPSA) is 181 Å². The first-order valence-corrected chi connectivity index (χ1v) is 20.2. The summed E-state index contributed by atoms with van der Waals surface area (Å²) in [6.45, 7) is 29.6. The summed E-state index contributed by atoms with van der Waals surface area (Å²) in [6.07, 6.45) is 4.09. The molecule has 59 heavy (non-hydrogen) atoms. The number of nitrogens with two attached hydrogens (primary N) is 1. The van der Waals surface area contributed by atoms with Crippen molar-refractivity contribution < 1.29 is 33.4 Å². The van der Waals surface area contributed by atoms with Crippen LogP contribution in [0.2, 0.25) is 0 Å². The molecule has 6 N–H and O–H groups in total. The molecule has 0 aliphatic heterocycles. The van der Waals surface area contributed by atoms with E-state index in [0.717, 1.165) is 5.56 Å². The Balaban J connectivity index is 2.33. The number of ether oxygens (including phenoxy) is 2. The van der Waals surface area contributed by atoms with E-state index in [1.54, 1.807) is 71.0 Å². The van der Waals surface area contributed by atoms with Crippen LogP contribution in [-0.2, 0) is 41.6 Å². The molecular formula is C46H70N6O7. The maximum Gasteiger partial charge on any atom is 0.329 e. The molecule has 13 nitrogen and oxygen atoms in total. The van der Waals surface area contributed by atoms with E-state index in [2.05, 4.69) is 34.4 Å². The summed E-state index contributed by atoms with van der Waals surface area (Å²) in [4.78, 5) is 71.1. The van der Waals surface area contributed by atoms with Gasteiger partial charge in [-0.1, -0.05) is 50.3 Å². The van der Waals surface area contributed by atoms with Crippen LogP contribution in [0.1, 0.15) is 101 Å². The molecule has 0 aliphatic rings. The maximum atomic E-state index is 14.1. The second-order valence-corrected chi connectivity index (χ2v) is 18.5. The van der Waals surface area contributed by atoms with E-state index in [1.807, 2.05) is 63.8 Å². The van der Waals surface area contributed by atoms with Gasteiger partial charge in [0.15, 0.2) is 0 Å². The van der Waals surface area contributed by atoms with Crippen LogP contribution < -0.4 is 31.7 Å². The van der Waals surface area contributed by atoms with Crippen molar-refractivity contribution in [2.45, 2.75) is 143 Å². The number of hydrogen-bond donors (Lipinski definition) is 5. The quantitative estimate of drug-likeness (QED) is 0.0625. The van der Waals surface area contributed by atoms with Gasteiger partial charge in [0.05, 0.1) is 6.04 Å². The number of nitrogens with zero attached hydrogens (tertiary/aromatic N) is 1. The minimum absolute atomic E-state index is 0.0401. The normalized spacial score (nSPS) is 13.7. The molecule has 0 heterocycles. The molecule has 326 valence electrons. The zero-order valence-corrected chi connectivity index (χ0v) is 37.4. The van der Waals surface area contributed by atoms with Gasteiger partial charge in [0.1, 0.15) is 40.1 Å². The first-order valence-electron chi connectivity index (χ1n) is 20.2. The summed E-state index contributed by atoms with van der Waals surface area (Å²) >= 11 is 0. The van der Waals surface area contributed by atoms with Crippen molar-refractivity contribution in [2.24, 2.45) is 5.92 Å². The standard InChI is InChI=1S/C46H70N6O7/c1-15-25-52(26-16-2)37(29-32-19-23-34(24-20-32)58-43(5,6)7)39(54)50-46(13,14)42(57)51-45(11,12)41(56)49-35(28-31-17-21-33(47)22-18-31)38(53)48-36(27-30(3)4)40(55)59-44(8,9)10/h15-24,30,35-37H,1-2,25-29,47H2,3-14H3,(H,48,53)(H,49,56)(H,50,54)(H,51,57)/t35-,36-,37-/m0/s1. The summed E-state index contributed by atoms with van der Waals surface area (Å²) in [7, 11) is 0. The molecule has 4 amide bonds. The van der Waals surface area contributed by atoms with E-state index >= 15 is 0 Å². The Kier molecular flexibility index (Phi) is 18.0. The second-order valence-electron chi connectivity index (χ2n) is 18.5. The molecule has 0 fully saturated rings. The molecule has 3 atom stereocenters. The number of anilines is 1. The summed E-state index contributed by atoms with van der Waals surface area (Å²) in [5, 5.41) is 11.3. The van der Waals surface area contributed by atoms with Crippen LogP contribution in [0.4, 0.5) is 5.69 Å². The van der Waals surface area contributed by atoms with Gasteiger partial charge in [0.2, 0.25) is 23.6 Å². The van der Waals surface area contributed by atoms with Gasteiger partial charge in [-0.25, -0.2) is 4.79 Å². The van der Waals surface area contributed by atoms with E-state index in [0.29, 0.717) is 42.9 Å². The van der Waals surface area contributed by atoms with Crippen LogP contribution in [0.15, 0.2) is 73.8 Å². The summed E-state index contributed by atoms with van der Waals surface area (Å²) in [6, 6.07) is 11.6. The Labute approximate surface area is 352 Å². The van der Waals surface area contributed by atoms with Crippen molar-refractivity contribution in [3.05, 3.63) is 85.0 Å². The molecule has 2 aromatic rings. The number of carbonyl (C=O) groups is 5. The van der Waals surface area contributed by atoms with Crippen LogP contribution in [0.5, 0.6) is 5.75 Å². The number of hydrogen-bond acceptors (Lipinski definition) is 9. The fraction of sp³-hybridized carbons (Fsp3) is 0.543. The van der Waals surface area contributed by atoms with Gasteiger partial charge in [-0.15, -0.1) is 13.2 Å². The average molecular weight is 819 g/mol. The Morgan fingerprint density at radius 1 is 0.678 bits per heavy atom. The minimum atomic E-state index is -1.56. The zero-order valence-electron chi connectivity index (χ0n) is 37.4. The lowest BCUT2D eigenvalue weighted by molar-refractivity contribution is -0.159. The Morgan fingerprint density at radius 2 is 1.19 bits per heavy atom. The number of esters is 1. The number of amides is 4. The Hall–Kier alpha value is -5.17. The molecule has 0 aliphatic carbocycles. The number of carbonyl (C=O) groups excluding carboxylic acids is 5. The smallest absolute Gasteiger partial charge is 0.329 e. The molecule has 0 radical (unpaired) electrons. The molecular weight excluding hydrogens is 749 g/mol. The molecule has 13 heteroatoms. The van der Waals surface area contributed by atoms with Crippen LogP contribution >= 0.6 is 0 Å². The monoisotopic (exact) mass is 819 g/mol. The SMILES string of the molecule is C=CCN(CC=C)[C@@H](Cc1ccc(OC(C)(C)C)cc1)C(=O)NC(C)(C)C(=O)NC(C)(C)C(=O)N[C@@H](Cc1ccc(N)cc1)C(=O)N[C@@H](CC(C)C)C(=O)OC(C)(C)C. The molecule has 0 unspecified atom stereocenters. The number of nitrogen functional groups attached to an aromatic ring is 1. The highest BCUT2D eigenvalue weighted by atomic mass is 16.6. The Morgan fingerprint density at radius 3 is 1.68 bits per heavy atom. The lowest BCUT2D eigenvalue weighted by atomic mass is 9.96. The predicted molar refractivity (Wildman–Crippen MR) is 234 cm³/mol. The summed E-state index contributed by atoms with van der Waals surface area (Å²) in [5.41, 5.74) is 3.81. The molecule has 0 saturated carbocycles. The average Bonchev–Trinajstić information content (AvgIpc) is 3.09. The fourth-order valence-electron chi connectivity index (χ4n) is 6.03. The van der Waals surface area contributed by atoms with Gasteiger partial charge in [0, 0.05) is 25.2 Å². The number of benzene rings is 2. The number of nitrogens with one attached hydrogen (secondary N) is 4. The van der Waals surface area contributed by atoms with Gasteiger partial charge in [0.25, 0.3) is 0 Å². The minimum Gasteiger partial charge on any atom is -0.488 e. The highest BCUT2D eigenvalue weighted by Crippen LogP contribution is 2.21. The lowest BCUT2D eigenvalue weighted by Gasteiger charge is -2.35. The molecule has 0 saturated heterocycles. The van der Waals surface area contributed by atoms with E-state index in [-0.39, 0.29) is 17.9 Å². The van der Waals surface area contributed by atoms with Crippen molar-refractivity contribution in [3.8, 4) is 5.75 Å². The zero-order chi connectivity index (χ0) is 44.9. The van der Waals surface area contributed by atoms with E-state index in [1.165, 1.54) is 13.8 Å². The largest absolute Gasteiger partial charge is 0.488 e. The van der Waals surface area contributed by atoms with Crippen molar-refractivity contribution in [1.82, 2.24) is 26.2 Å². The van der Waals surface area contributed by atoms with E-state index < -0.39 is 64.4 Å². The third kappa shape index (κ3) is 17.3. The van der Waals surface area contributed by atoms with E-state index in [4.69, 9.17) is 15.2 Å². The predicted octanol–water partition coefficient (Wildman–Crippen LogP) is 5.42. The maximum absolute atomic E-state index is 14.1. The molecule has 2 rings (SSSR count). The van der Waals surface area contributed by atoms with Gasteiger partial charge in [-0.2, -0.15) is 0 Å². The summed E-state index contributed by atoms with van der Waals surface area (Å²) in [5.74, 6) is -2.15. The molecule has 2 aromatic carbocycles. The van der Waals surface area contributed by atoms with Crippen molar-refractivity contribution in [1.29, 1.82) is 0 Å². The molecule has 0 aromatic heterocycles. The highest BCUT2D eigenvalue weighted by molar-refractivity contribution is 5.98. The molecule has 0 bridgehead atoms. The van der Waals surface area contributed by atoms with Gasteiger partial charge in [-0.3, -0.25) is 24.1 Å². The van der Waals surface area contributed by atoms with Gasteiger partial charge < -0.3 is 36.5 Å². The van der Waals surface area contributed by atoms with E-state index in [9.17, 15) is 24.0 Å². The van der Waals surface area contributed by atoms with Crippen molar-refractivity contribution in [3.63, 3.8) is 0 Å². The molecule has 0 spiro atoms. The Bertz CT molecular complexity index is 1750. The van der Waals surface area contributed by atoms with Gasteiger partial charge >= 0.3 is 5.97 Å². The first-order chi connectivity index (χ1) is 27.2. The second kappa shape index (κ2) is 21.2. The number of rotatable bonds is 21.